The van der Waals surface area contributed by atoms with Gasteiger partial charge in [-0.15, -0.1) is 0 Å². The predicted octanol–water partition coefficient (Wildman–Crippen LogP) is 6.66. The van der Waals surface area contributed by atoms with Gasteiger partial charge in [0.2, 0.25) is 0 Å². The highest BCUT2D eigenvalue weighted by molar-refractivity contribution is 5.87. The van der Waals surface area contributed by atoms with E-state index < -0.39 is 0 Å². The lowest BCUT2D eigenvalue weighted by atomic mass is 9.67. The van der Waals surface area contributed by atoms with Gasteiger partial charge in [-0.3, -0.25) is 0 Å². The van der Waals surface area contributed by atoms with Crippen LogP contribution < -0.4 is 5.32 Å². The summed E-state index contributed by atoms with van der Waals surface area (Å²) in [4.78, 5) is 0. The lowest BCUT2D eigenvalue weighted by molar-refractivity contribution is 0.353. The standard InChI is InChI=1S/C24H23N/c1-3-10-18(11-4-1)25-22-15-9-13-20-19-12-5-6-14-21(19)24(23(20)22)16-7-2-8-17-24/h1,3-6,9-15,25H,2,7-8,16-17H2. The summed E-state index contributed by atoms with van der Waals surface area (Å²) in [6, 6.07) is 26.4. The molecule has 0 bridgehead atoms. The van der Waals surface area contributed by atoms with Crippen molar-refractivity contribution in [3.05, 3.63) is 83.9 Å². The zero-order valence-electron chi connectivity index (χ0n) is 14.5. The Balaban J connectivity index is 1.71. The smallest absolute Gasteiger partial charge is 0.0432 e. The van der Waals surface area contributed by atoms with Gasteiger partial charge in [0.15, 0.2) is 0 Å². The van der Waals surface area contributed by atoms with Crippen LogP contribution in [0.1, 0.15) is 43.2 Å². The molecule has 1 nitrogen and oxygen atoms in total. The predicted molar refractivity (Wildman–Crippen MR) is 105 cm³/mol. The molecule has 25 heavy (non-hydrogen) atoms. The molecule has 2 aliphatic carbocycles. The molecular weight excluding hydrogens is 302 g/mol. The average molecular weight is 325 g/mol. The van der Waals surface area contributed by atoms with Gasteiger partial charge in [0.25, 0.3) is 0 Å². The highest BCUT2D eigenvalue weighted by Crippen LogP contribution is 2.57. The Kier molecular flexibility index (Phi) is 3.41. The molecule has 124 valence electrons. The molecule has 0 heterocycles. The van der Waals surface area contributed by atoms with Crippen LogP contribution in [0, 0.1) is 0 Å². The van der Waals surface area contributed by atoms with Crippen LogP contribution in [0.15, 0.2) is 72.8 Å². The van der Waals surface area contributed by atoms with E-state index in [0.29, 0.717) is 0 Å². The van der Waals surface area contributed by atoms with Crippen LogP contribution in [0.4, 0.5) is 11.4 Å². The second kappa shape index (κ2) is 5.77. The highest BCUT2D eigenvalue weighted by atomic mass is 14.9. The van der Waals surface area contributed by atoms with Crippen molar-refractivity contribution in [2.45, 2.75) is 37.5 Å². The van der Waals surface area contributed by atoms with Gasteiger partial charge >= 0.3 is 0 Å². The van der Waals surface area contributed by atoms with E-state index in [-0.39, 0.29) is 5.41 Å². The van der Waals surface area contributed by atoms with Crippen molar-refractivity contribution in [1.29, 1.82) is 0 Å². The first-order chi connectivity index (χ1) is 12.4. The maximum atomic E-state index is 3.71. The number of fused-ring (bicyclic) bond motifs is 5. The van der Waals surface area contributed by atoms with Crippen LogP contribution in [-0.4, -0.2) is 0 Å². The summed E-state index contributed by atoms with van der Waals surface area (Å²) in [5, 5.41) is 3.71. The summed E-state index contributed by atoms with van der Waals surface area (Å²) in [5.41, 5.74) is 8.59. The summed E-state index contributed by atoms with van der Waals surface area (Å²) >= 11 is 0. The fourth-order valence-corrected chi connectivity index (χ4v) is 5.02. The minimum absolute atomic E-state index is 0.197. The van der Waals surface area contributed by atoms with Crippen molar-refractivity contribution in [3.8, 4) is 11.1 Å². The van der Waals surface area contributed by atoms with Gasteiger partial charge in [0, 0.05) is 16.8 Å². The van der Waals surface area contributed by atoms with Gasteiger partial charge in [-0.1, -0.05) is 73.9 Å². The van der Waals surface area contributed by atoms with Crippen LogP contribution in [0.25, 0.3) is 11.1 Å². The summed E-state index contributed by atoms with van der Waals surface area (Å²) in [7, 11) is 0. The van der Waals surface area contributed by atoms with Crippen LogP contribution in [0.2, 0.25) is 0 Å². The molecule has 1 fully saturated rings. The summed E-state index contributed by atoms with van der Waals surface area (Å²) < 4.78 is 0. The molecule has 1 heteroatoms. The van der Waals surface area contributed by atoms with E-state index in [9.17, 15) is 0 Å². The van der Waals surface area contributed by atoms with Crippen LogP contribution in [0.5, 0.6) is 0 Å². The van der Waals surface area contributed by atoms with E-state index in [1.54, 1.807) is 5.56 Å². The Bertz CT molecular complexity index is 904. The number of anilines is 2. The van der Waals surface area contributed by atoms with Crippen molar-refractivity contribution >= 4 is 11.4 Å². The maximum Gasteiger partial charge on any atom is 0.0432 e. The van der Waals surface area contributed by atoms with Gasteiger partial charge in [-0.05, 0) is 53.3 Å². The third-order valence-electron chi connectivity index (χ3n) is 6.04. The molecule has 1 spiro atoms. The Morgan fingerprint density at radius 2 is 1.36 bits per heavy atom. The minimum Gasteiger partial charge on any atom is -0.355 e. The van der Waals surface area contributed by atoms with E-state index in [4.69, 9.17) is 0 Å². The molecule has 0 atom stereocenters. The monoisotopic (exact) mass is 325 g/mol. The van der Waals surface area contributed by atoms with Crippen LogP contribution >= 0.6 is 0 Å². The van der Waals surface area contributed by atoms with Gasteiger partial charge in [-0.25, -0.2) is 0 Å². The Morgan fingerprint density at radius 1 is 0.640 bits per heavy atom. The molecule has 3 aromatic rings. The first kappa shape index (κ1) is 14.8. The van der Waals surface area contributed by atoms with E-state index in [1.807, 2.05) is 0 Å². The first-order valence-corrected chi connectivity index (χ1v) is 9.44. The van der Waals surface area contributed by atoms with E-state index in [0.717, 1.165) is 5.69 Å². The van der Waals surface area contributed by atoms with E-state index in [1.165, 1.54) is 54.5 Å². The normalized spacial score (nSPS) is 17.1. The van der Waals surface area contributed by atoms with Crippen molar-refractivity contribution < 1.29 is 0 Å². The Labute approximate surface area is 149 Å². The topological polar surface area (TPSA) is 12.0 Å². The van der Waals surface area contributed by atoms with Gasteiger partial charge in [-0.2, -0.15) is 0 Å². The molecule has 5 rings (SSSR count). The Hall–Kier alpha value is -2.54. The fourth-order valence-electron chi connectivity index (χ4n) is 5.02. The molecule has 0 aliphatic heterocycles. The SMILES string of the molecule is c1ccc(Nc2cccc3c2C2(CCCCC2)c2ccccc2-3)cc1. The molecule has 0 radical (unpaired) electrons. The third kappa shape index (κ3) is 2.22. The third-order valence-corrected chi connectivity index (χ3v) is 6.04. The first-order valence-electron chi connectivity index (χ1n) is 9.44. The number of nitrogens with one attached hydrogen (secondary N) is 1. The molecule has 0 unspecified atom stereocenters. The second-order valence-electron chi connectivity index (χ2n) is 7.41. The van der Waals surface area contributed by atoms with Gasteiger partial charge in [0.05, 0.1) is 0 Å². The number of hydrogen-bond acceptors (Lipinski definition) is 1. The van der Waals surface area contributed by atoms with E-state index in [2.05, 4.69) is 78.1 Å². The highest BCUT2D eigenvalue weighted by Gasteiger charge is 2.44. The second-order valence-corrected chi connectivity index (χ2v) is 7.41. The van der Waals surface area contributed by atoms with Crippen LogP contribution in [0.3, 0.4) is 0 Å². The maximum absolute atomic E-state index is 3.71. The zero-order chi connectivity index (χ0) is 16.7. The van der Waals surface area contributed by atoms with Crippen molar-refractivity contribution in [2.24, 2.45) is 0 Å². The van der Waals surface area contributed by atoms with Gasteiger partial charge < -0.3 is 5.32 Å². The number of hydrogen-bond donors (Lipinski definition) is 1. The fraction of sp³-hybridized carbons (Fsp3) is 0.250. The Morgan fingerprint density at radius 3 is 2.20 bits per heavy atom. The molecule has 1 saturated carbocycles. The van der Waals surface area contributed by atoms with Crippen molar-refractivity contribution in [2.75, 3.05) is 5.32 Å². The van der Waals surface area contributed by atoms with Crippen LogP contribution in [-0.2, 0) is 5.41 Å². The van der Waals surface area contributed by atoms with Crippen molar-refractivity contribution in [3.63, 3.8) is 0 Å². The van der Waals surface area contributed by atoms with Crippen molar-refractivity contribution in [1.82, 2.24) is 0 Å². The molecule has 1 N–H and O–H groups in total. The molecule has 2 aliphatic rings. The molecular formula is C24H23N. The van der Waals surface area contributed by atoms with Gasteiger partial charge in [0.1, 0.15) is 0 Å². The summed E-state index contributed by atoms with van der Waals surface area (Å²) in [5.74, 6) is 0. The number of benzene rings is 3. The number of rotatable bonds is 2. The molecule has 0 aromatic heterocycles. The summed E-state index contributed by atoms with van der Waals surface area (Å²) in [6.07, 6.45) is 6.56. The summed E-state index contributed by atoms with van der Waals surface area (Å²) in [6.45, 7) is 0. The molecule has 0 saturated heterocycles. The molecule has 3 aromatic carbocycles. The largest absolute Gasteiger partial charge is 0.355 e. The number of para-hydroxylation sites is 1. The lowest BCUT2D eigenvalue weighted by Gasteiger charge is -2.37. The van der Waals surface area contributed by atoms with E-state index >= 15 is 0 Å². The zero-order valence-corrected chi connectivity index (χ0v) is 14.5. The lowest BCUT2D eigenvalue weighted by Crippen LogP contribution is -2.28. The molecule has 0 amide bonds. The quantitative estimate of drug-likeness (QED) is 0.555. The minimum atomic E-state index is 0.197. The average Bonchev–Trinajstić information content (AvgIpc) is 2.95.